The van der Waals surface area contributed by atoms with Crippen molar-refractivity contribution >= 4 is 36.4 Å². The molecule has 4 rings (SSSR count). The van der Waals surface area contributed by atoms with E-state index in [1.807, 2.05) is 45.9 Å². The molecule has 4 nitrogen and oxygen atoms in total. The lowest BCUT2D eigenvalue weighted by molar-refractivity contribution is -0.137. The summed E-state index contributed by atoms with van der Waals surface area (Å²) in [7, 11) is -3.13. The lowest BCUT2D eigenvalue weighted by Gasteiger charge is -2.32. The Morgan fingerprint density at radius 2 is 1.50 bits per heavy atom. The molecule has 0 aromatic heterocycles. The first-order chi connectivity index (χ1) is 14.8. The zero-order valence-corrected chi connectivity index (χ0v) is 19.6. The molecule has 172 valence electrons. The van der Waals surface area contributed by atoms with Gasteiger partial charge in [0.15, 0.2) is 0 Å². The maximum absolute atomic E-state index is 13.4. The van der Waals surface area contributed by atoms with Crippen molar-refractivity contribution < 1.29 is 27.0 Å². The van der Waals surface area contributed by atoms with Crippen molar-refractivity contribution in [2.45, 2.75) is 57.9 Å². The van der Waals surface area contributed by atoms with Gasteiger partial charge in [0.05, 0.1) is 16.8 Å². The van der Waals surface area contributed by atoms with E-state index in [1.165, 1.54) is 12.1 Å². The highest BCUT2D eigenvalue weighted by Gasteiger charge is 2.52. The van der Waals surface area contributed by atoms with Crippen molar-refractivity contribution in [3.05, 3.63) is 48.0 Å². The maximum atomic E-state index is 13.4. The molecule has 0 saturated carbocycles. The van der Waals surface area contributed by atoms with Gasteiger partial charge in [0.1, 0.15) is 7.14 Å². The van der Waals surface area contributed by atoms with Gasteiger partial charge >= 0.3 is 13.3 Å². The van der Waals surface area contributed by atoms with Crippen molar-refractivity contribution in [3.63, 3.8) is 0 Å². The van der Waals surface area contributed by atoms with Gasteiger partial charge < -0.3 is 19.2 Å². The van der Waals surface area contributed by atoms with E-state index in [0.29, 0.717) is 29.2 Å². The third-order valence-electron chi connectivity index (χ3n) is 6.79. The highest BCUT2D eigenvalue weighted by molar-refractivity contribution is 7.71. The fourth-order valence-corrected chi connectivity index (χ4v) is 7.01. The molecule has 1 N–H and O–H groups in total. The number of hydrogen-bond acceptors (Lipinski definition) is 4. The topological polar surface area (TPSA) is 47.6 Å². The number of halogens is 3. The predicted octanol–water partition coefficient (Wildman–Crippen LogP) is 5.53. The Labute approximate surface area is 187 Å². The van der Waals surface area contributed by atoms with Crippen LogP contribution in [0.2, 0.25) is 0 Å². The molecule has 2 saturated heterocycles. The van der Waals surface area contributed by atoms with E-state index in [4.69, 9.17) is 9.31 Å². The third-order valence-corrected chi connectivity index (χ3v) is 10.1. The minimum Gasteiger partial charge on any atom is -0.399 e. The second-order valence-electron chi connectivity index (χ2n) is 9.60. The Morgan fingerprint density at radius 1 is 0.938 bits per heavy atom. The van der Waals surface area contributed by atoms with Gasteiger partial charge in [-0.25, -0.2) is 0 Å². The maximum Gasteiger partial charge on any atom is 0.497 e. The minimum atomic E-state index is -4.39. The summed E-state index contributed by atoms with van der Waals surface area (Å²) in [6, 6.07) is 10.4. The molecular weight excluding hydrogens is 437 g/mol. The van der Waals surface area contributed by atoms with Gasteiger partial charge in [-0.3, -0.25) is 0 Å². The summed E-state index contributed by atoms with van der Waals surface area (Å²) in [5, 5.41) is 4.00. The van der Waals surface area contributed by atoms with Crippen LogP contribution in [0.1, 0.15) is 46.1 Å². The Morgan fingerprint density at radius 3 is 2.03 bits per heavy atom. The summed E-state index contributed by atoms with van der Waals surface area (Å²) in [6.45, 7) is 7.83. The largest absolute Gasteiger partial charge is 0.497 e. The van der Waals surface area contributed by atoms with E-state index >= 15 is 0 Å². The molecule has 9 heteroatoms. The lowest BCUT2D eigenvalue weighted by Crippen LogP contribution is -2.41. The molecule has 0 radical (unpaired) electrons. The molecule has 0 unspecified atom stereocenters. The van der Waals surface area contributed by atoms with Gasteiger partial charge in [0, 0.05) is 34.5 Å². The van der Waals surface area contributed by atoms with Crippen molar-refractivity contribution in [1.82, 2.24) is 0 Å². The van der Waals surface area contributed by atoms with Crippen LogP contribution in [0, 0.1) is 0 Å². The number of alkyl halides is 3. The fraction of sp³-hybridized carbons (Fsp3) is 0.478. The van der Waals surface area contributed by atoms with Crippen LogP contribution in [-0.4, -0.2) is 30.6 Å². The molecule has 0 spiro atoms. The quantitative estimate of drug-likeness (QED) is 0.477. The second-order valence-corrected chi connectivity index (χ2v) is 12.8. The van der Waals surface area contributed by atoms with Crippen LogP contribution in [-0.2, 0) is 20.1 Å². The molecule has 2 heterocycles. The standard InChI is InChI=1S/C23H28BF3NO3P/c1-21(2)22(3,4)31-24(30-21)19-15-18(32(29)13-5-6-14-32)11-12-20(19)28-17-9-7-16(8-10-17)23(25,26)27/h7-12,15,28H,5-6,13-14H2,1-4H3. The molecule has 0 atom stereocenters. The molecule has 2 aromatic rings. The lowest BCUT2D eigenvalue weighted by atomic mass is 9.77. The van der Waals surface area contributed by atoms with Gasteiger partial charge in [-0.05, 0) is 83.0 Å². The molecule has 0 aliphatic carbocycles. The predicted molar refractivity (Wildman–Crippen MR) is 123 cm³/mol. The number of anilines is 2. The van der Waals surface area contributed by atoms with Crippen molar-refractivity contribution in [1.29, 1.82) is 0 Å². The Kier molecular flexibility index (Phi) is 5.80. The van der Waals surface area contributed by atoms with Crippen molar-refractivity contribution in [2.75, 3.05) is 17.6 Å². The second kappa shape index (κ2) is 7.93. The molecule has 0 bridgehead atoms. The van der Waals surface area contributed by atoms with Gasteiger partial charge in [0.2, 0.25) is 0 Å². The Hall–Kier alpha value is -1.76. The van der Waals surface area contributed by atoms with Crippen LogP contribution < -0.4 is 16.1 Å². The average molecular weight is 465 g/mol. The van der Waals surface area contributed by atoms with E-state index in [0.717, 1.165) is 30.3 Å². The molecule has 2 fully saturated rings. The van der Waals surface area contributed by atoms with E-state index in [-0.39, 0.29) is 0 Å². The van der Waals surface area contributed by atoms with Gasteiger partial charge in [-0.15, -0.1) is 0 Å². The summed E-state index contributed by atoms with van der Waals surface area (Å²) in [4.78, 5) is 0. The van der Waals surface area contributed by atoms with Gasteiger partial charge in [-0.1, -0.05) is 0 Å². The summed E-state index contributed by atoms with van der Waals surface area (Å²) in [5.74, 6) is 0. The zero-order chi connectivity index (χ0) is 23.4. The first kappa shape index (κ1) is 23.4. The van der Waals surface area contributed by atoms with Crippen LogP contribution in [0.3, 0.4) is 0 Å². The summed E-state index contributed by atoms with van der Waals surface area (Å²) in [5.41, 5.74) is 0.0365. The molecule has 2 aromatic carbocycles. The Balaban J connectivity index is 1.71. The van der Waals surface area contributed by atoms with Crippen LogP contribution >= 0.6 is 7.14 Å². The fourth-order valence-electron chi connectivity index (χ4n) is 4.08. The highest BCUT2D eigenvalue weighted by Crippen LogP contribution is 2.51. The molecule has 0 amide bonds. The van der Waals surface area contributed by atoms with E-state index in [9.17, 15) is 17.7 Å². The number of hydrogen-bond donors (Lipinski definition) is 1. The van der Waals surface area contributed by atoms with Gasteiger partial charge in [-0.2, -0.15) is 13.2 Å². The van der Waals surface area contributed by atoms with Crippen molar-refractivity contribution in [3.8, 4) is 0 Å². The number of nitrogens with one attached hydrogen (secondary N) is 1. The van der Waals surface area contributed by atoms with Crippen LogP contribution in [0.15, 0.2) is 42.5 Å². The van der Waals surface area contributed by atoms with Gasteiger partial charge in [0.25, 0.3) is 0 Å². The molecule has 2 aliphatic heterocycles. The smallest absolute Gasteiger partial charge is 0.399 e. The van der Waals surface area contributed by atoms with Crippen LogP contribution in [0.25, 0.3) is 0 Å². The Bertz CT molecular complexity index is 1030. The highest BCUT2D eigenvalue weighted by atomic mass is 31.2. The van der Waals surface area contributed by atoms with E-state index in [2.05, 4.69) is 5.32 Å². The van der Waals surface area contributed by atoms with E-state index < -0.39 is 37.2 Å². The summed E-state index contributed by atoms with van der Waals surface area (Å²) >= 11 is 0. The molecule has 32 heavy (non-hydrogen) atoms. The van der Waals surface area contributed by atoms with Crippen LogP contribution in [0.5, 0.6) is 0 Å². The number of benzene rings is 2. The molecular formula is C23H28BF3NO3P. The summed E-state index contributed by atoms with van der Waals surface area (Å²) in [6.07, 6.45) is -1.09. The zero-order valence-electron chi connectivity index (χ0n) is 18.8. The summed E-state index contributed by atoms with van der Waals surface area (Å²) < 4.78 is 64.6. The first-order valence-corrected chi connectivity index (χ1v) is 12.9. The normalized spacial score (nSPS) is 21.7. The first-order valence-electron chi connectivity index (χ1n) is 10.8. The SMILES string of the molecule is CC1(C)OB(c2cc(P3(=O)CCCC3)ccc2Nc2ccc(C(F)(F)F)cc2)OC1(C)C. The monoisotopic (exact) mass is 465 g/mol. The minimum absolute atomic E-state index is 0.510. The molecule has 2 aliphatic rings. The third kappa shape index (κ3) is 4.37. The van der Waals surface area contributed by atoms with Crippen LogP contribution in [0.4, 0.5) is 24.5 Å². The van der Waals surface area contributed by atoms with E-state index in [1.54, 1.807) is 0 Å². The average Bonchev–Trinajstić information content (AvgIpc) is 3.23. The number of rotatable bonds is 4. The van der Waals surface area contributed by atoms with Crippen molar-refractivity contribution in [2.24, 2.45) is 0 Å².